The molecule has 4 aromatic rings. The van der Waals surface area contributed by atoms with E-state index in [2.05, 4.69) is 22.4 Å². The summed E-state index contributed by atoms with van der Waals surface area (Å²) in [5, 5.41) is 5.08. The molecule has 180 valence electrons. The fourth-order valence-corrected chi connectivity index (χ4v) is 5.43. The highest BCUT2D eigenvalue weighted by molar-refractivity contribution is 7.17. The fraction of sp³-hybridized carbons (Fsp3) is 0.296. The molecule has 0 saturated carbocycles. The number of carbonyl (C=O) groups excluding carboxylic acids is 1. The van der Waals surface area contributed by atoms with Crippen LogP contribution in [-0.4, -0.2) is 43.1 Å². The molecule has 0 radical (unpaired) electrons. The van der Waals surface area contributed by atoms with Crippen LogP contribution in [0.1, 0.15) is 18.4 Å². The van der Waals surface area contributed by atoms with Crippen LogP contribution in [-0.2, 0) is 11.3 Å². The first-order valence-electron chi connectivity index (χ1n) is 11.9. The highest BCUT2D eigenvalue weighted by atomic mass is 32.1. The van der Waals surface area contributed by atoms with Crippen LogP contribution in [0.15, 0.2) is 64.8 Å². The molecule has 5 rings (SSSR count). The van der Waals surface area contributed by atoms with E-state index in [0.717, 1.165) is 41.8 Å². The van der Waals surface area contributed by atoms with Gasteiger partial charge in [0.15, 0.2) is 0 Å². The van der Waals surface area contributed by atoms with Crippen LogP contribution in [0.4, 0.5) is 11.6 Å². The van der Waals surface area contributed by atoms with Gasteiger partial charge in [0.25, 0.3) is 5.56 Å². The summed E-state index contributed by atoms with van der Waals surface area (Å²) in [6.45, 7) is 1.79. The van der Waals surface area contributed by atoms with Crippen molar-refractivity contribution in [2.75, 3.05) is 37.0 Å². The van der Waals surface area contributed by atoms with E-state index in [-0.39, 0.29) is 17.4 Å². The third kappa shape index (κ3) is 4.93. The largest absolute Gasteiger partial charge is 0.378 e. The molecule has 0 aliphatic carbocycles. The fourth-order valence-electron chi connectivity index (χ4n) is 4.52. The van der Waals surface area contributed by atoms with Crippen molar-refractivity contribution in [1.29, 1.82) is 0 Å². The van der Waals surface area contributed by atoms with Crippen molar-refractivity contribution in [2.45, 2.75) is 19.4 Å². The summed E-state index contributed by atoms with van der Waals surface area (Å²) < 4.78 is 0.624. The molecule has 1 aliphatic heterocycles. The number of nitrogens with one attached hydrogen (secondary N) is 2. The first-order valence-corrected chi connectivity index (χ1v) is 12.7. The highest BCUT2D eigenvalue weighted by Crippen LogP contribution is 2.32. The molecule has 1 atom stereocenters. The molecule has 3 heterocycles. The van der Waals surface area contributed by atoms with Gasteiger partial charge in [-0.05, 0) is 36.1 Å². The number of H-pyrrole nitrogens is 1. The van der Waals surface area contributed by atoms with Crippen LogP contribution < -0.4 is 20.7 Å². The zero-order valence-corrected chi connectivity index (χ0v) is 20.8. The van der Waals surface area contributed by atoms with Crippen LogP contribution in [0.3, 0.4) is 0 Å². The molecular formula is C27H29N5O2S. The molecule has 1 unspecified atom stereocenters. The molecule has 35 heavy (non-hydrogen) atoms. The summed E-state index contributed by atoms with van der Waals surface area (Å²) in [6, 6.07) is 18.2. The summed E-state index contributed by atoms with van der Waals surface area (Å²) in [6.07, 6.45) is 1.69. The van der Waals surface area contributed by atoms with Gasteiger partial charge in [-0.1, -0.05) is 42.5 Å². The van der Waals surface area contributed by atoms with E-state index < -0.39 is 0 Å². The molecule has 1 saturated heterocycles. The van der Waals surface area contributed by atoms with Gasteiger partial charge in [0.2, 0.25) is 11.9 Å². The Hall–Kier alpha value is -3.65. The maximum atomic E-state index is 13.0. The number of fused-ring (bicyclic) bond motifs is 1. The number of piperidine rings is 1. The zero-order chi connectivity index (χ0) is 24.4. The SMILES string of the molecule is CN(C)c1ccc(CNC(=O)C2CCCN(c3nc4c(-c5ccccc5)csc4c(=O)[nH]3)C2)cc1. The minimum Gasteiger partial charge on any atom is -0.378 e. The van der Waals surface area contributed by atoms with Gasteiger partial charge in [0.05, 0.1) is 11.4 Å². The monoisotopic (exact) mass is 487 g/mol. The maximum Gasteiger partial charge on any atom is 0.270 e. The molecule has 1 aliphatic rings. The Morgan fingerprint density at radius 3 is 2.69 bits per heavy atom. The van der Waals surface area contributed by atoms with E-state index in [9.17, 15) is 9.59 Å². The quantitative estimate of drug-likeness (QED) is 0.425. The smallest absolute Gasteiger partial charge is 0.270 e. The van der Waals surface area contributed by atoms with Gasteiger partial charge in [-0.3, -0.25) is 14.6 Å². The topological polar surface area (TPSA) is 81.3 Å². The second kappa shape index (κ2) is 9.92. The van der Waals surface area contributed by atoms with Gasteiger partial charge in [-0.2, -0.15) is 0 Å². The second-order valence-corrected chi connectivity index (χ2v) is 10.0. The van der Waals surface area contributed by atoms with Crippen molar-refractivity contribution in [3.8, 4) is 11.1 Å². The zero-order valence-electron chi connectivity index (χ0n) is 20.0. The Labute approximate surface area is 208 Å². The molecule has 0 spiro atoms. The highest BCUT2D eigenvalue weighted by Gasteiger charge is 2.27. The number of nitrogens with zero attached hydrogens (tertiary/aromatic N) is 3. The molecule has 2 aromatic heterocycles. The Balaban J connectivity index is 1.30. The molecular weight excluding hydrogens is 458 g/mol. The van der Waals surface area contributed by atoms with Crippen LogP contribution in [0.2, 0.25) is 0 Å². The number of amides is 1. The molecule has 2 N–H and O–H groups in total. The third-order valence-electron chi connectivity index (χ3n) is 6.51. The standard InChI is InChI=1S/C27H29N5O2S/c1-31(2)21-12-10-18(11-13-21)15-28-25(33)20-9-6-14-32(16-20)27-29-23-22(19-7-4-3-5-8-19)17-35-24(23)26(34)30-27/h3-5,7-8,10-13,17,20H,6,9,14-16H2,1-2H3,(H,28,33)(H,29,30,34). The van der Waals surface area contributed by atoms with Crippen LogP contribution >= 0.6 is 11.3 Å². The van der Waals surface area contributed by atoms with Gasteiger partial charge < -0.3 is 15.1 Å². The minimum atomic E-state index is -0.151. The molecule has 1 amide bonds. The Kier molecular flexibility index (Phi) is 6.55. The predicted octanol–water partition coefficient (Wildman–Crippen LogP) is 4.25. The minimum absolute atomic E-state index is 0.0373. The number of carbonyl (C=O) groups is 1. The number of aromatic amines is 1. The number of benzene rings is 2. The summed E-state index contributed by atoms with van der Waals surface area (Å²) in [7, 11) is 4.01. The lowest BCUT2D eigenvalue weighted by Crippen LogP contribution is -2.44. The first-order chi connectivity index (χ1) is 17.0. The van der Waals surface area contributed by atoms with Crippen molar-refractivity contribution < 1.29 is 4.79 Å². The van der Waals surface area contributed by atoms with E-state index in [1.54, 1.807) is 0 Å². The van der Waals surface area contributed by atoms with Gasteiger partial charge >= 0.3 is 0 Å². The van der Waals surface area contributed by atoms with Crippen LogP contribution in [0.5, 0.6) is 0 Å². The van der Waals surface area contributed by atoms with E-state index >= 15 is 0 Å². The summed E-state index contributed by atoms with van der Waals surface area (Å²) in [5.74, 6) is 0.423. The molecule has 2 aromatic carbocycles. The van der Waals surface area contributed by atoms with E-state index in [0.29, 0.717) is 29.3 Å². The summed E-state index contributed by atoms with van der Waals surface area (Å²) in [4.78, 5) is 37.7. The average molecular weight is 488 g/mol. The van der Waals surface area contributed by atoms with Gasteiger partial charge in [-0.15, -0.1) is 11.3 Å². The first kappa shape index (κ1) is 23.1. The summed E-state index contributed by atoms with van der Waals surface area (Å²) >= 11 is 1.41. The lowest BCUT2D eigenvalue weighted by molar-refractivity contribution is -0.125. The molecule has 7 nitrogen and oxygen atoms in total. The van der Waals surface area contributed by atoms with Crippen LogP contribution in [0, 0.1) is 5.92 Å². The number of thiophene rings is 1. The molecule has 8 heteroatoms. The number of aromatic nitrogens is 2. The number of hydrogen-bond acceptors (Lipinski definition) is 6. The molecule has 1 fully saturated rings. The maximum absolute atomic E-state index is 13.0. The van der Waals surface area contributed by atoms with Crippen molar-refractivity contribution in [1.82, 2.24) is 15.3 Å². The van der Waals surface area contributed by atoms with Crippen LogP contribution in [0.25, 0.3) is 21.3 Å². The van der Waals surface area contributed by atoms with E-state index in [4.69, 9.17) is 4.98 Å². The normalized spacial score (nSPS) is 15.8. The lowest BCUT2D eigenvalue weighted by Gasteiger charge is -2.32. The van der Waals surface area contributed by atoms with Gasteiger partial charge in [0, 0.05) is 50.4 Å². The average Bonchev–Trinajstić information content (AvgIpc) is 3.33. The van der Waals surface area contributed by atoms with Crippen molar-refractivity contribution in [2.24, 2.45) is 5.92 Å². The van der Waals surface area contributed by atoms with Crippen molar-refractivity contribution >= 4 is 39.1 Å². The number of rotatable bonds is 6. The van der Waals surface area contributed by atoms with Crippen molar-refractivity contribution in [3.05, 3.63) is 75.9 Å². The Bertz CT molecular complexity index is 1380. The van der Waals surface area contributed by atoms with Gasteiger partial charge in [0.1, 0.15) is 4.70 Å². The van der Waals surface area contributed by atoms with E-state index in [1.807, 2.05) is 71.7 Å². The Morgan fingerprint density at radius 1 is 1.17 bits per heavy atom. The summed E-state index contributed by atoms with van der Waals surface area (Å²) in [5.41, 5.74) is 4.78. The predicted molar refractivity (Wildman–Crippen MR) is 143 cm³/mol. The Morgan fingerprint density at radius 2 is 1.94 bits per heavy atom. The van der Waals surface area contributed by atoms with Gasteiger partial charge in [-0.25, -0.2) is 4.98 Å². The molecule has 0 bridgehead atoms. The van der Waals surface area contributed by atoms with E-state index in [1.165, 1.54) is 11.3 Å². The number of hydrogen-bond donors (Lipinski definition) is 2. The van der Waals surface area contributed by atoms with Crippen molar-refractivity contribution in [3.63, 3.8) is 0 Å². The second-order valence-electron chi connectivity index (χ2n) is 9.15. The number of anilines is 2. The third-order valence-corrected chi connectivity index (χ3v) is 7.48. The lowest BCUT2D eigenvalue weighted by atomic mass is 9.97.